The molecule has 1 N–H and O–H groups in total. The fourth-order valence-electron chi connectivity index (χ4n) is 2.52. The van der Waals surface area contributed by atoms with E-state index in [9.17, 15) is 9.90 Å². The highest BCUT2D eigenvalue weighted by molar-refractivity contribution is 8.02. The van der Waals surface area contributed by atoms with E-state index in [1.165, 1.54) is 69.5 Å². The number of hydrogen-bond acceptors (Lipinski definition) is 3. The summed E-state index contributed by atoms with van der Waals surface area (Å²) in [5.41, 5.74) is 0. The van der Waals surface area contributed by atoms with Crippen molar-refractivity contribution >= 4 is 29.1 Å². The van der Waals surface area contributed by atoms with E-state index in [0.717, 1.165) is 17.1 Å². The molecule has 1 unspecified atom stereocenters. The molecule has 0 spiro atoms. The summed E-state index contributed by atoms with van der Waals surface area (Å²) < 4.78 is 1.11. The number of aliphatic carboxylic acids is 1. The van der Waals surface area contributed by atoms with Gasteiger partial charge in [0.2, 0.25) is 0 Å². The Balaban J connectivity index is 2.00. The maximum absolute atomic E-state index is 11.3. The first-order valence-corrected chi connectivity index (χ1v) is 10.4. The number of carboxylic acid groups (broad SMARTS) is 1. The first-order chi connectivity index (χ1) is 10.7. The molecule has 0 aliphatic carbocycles. The summed E-state index contributed by atoms with van der Waals surface area (Å²) in [5.74, 6) is -0.672. The minimum Gasteiger partial charge on any atom is -0.480 e. The van der Waals surface area contributed by atoms with E-state index in [-0.39, 0.29) is 5.25 Å². The molecular weight excluding hydrogens is 312 g/mol. The first-order valence-electron chi connectivity index (χ1n) is 8.67. The first kappa shape index (κ1) is 19.6. The van der Waals surface area contributed by atoms with Crippen LogP contribution in [-0.2, 0) is 4.79 Å². The summed E-state index contributed by atoms with van der Waals surface area (Å²) in [4.78, 5) is 11.3. The van der Waals surface area contributed by atoms with E-state index >= 15 is 0 Å². The molecule has 0 saturated heterocycles. The Morgan fingerprint density at radius 1 is 1.09 bits per heavy atom. The number of thioether (sulfide) groups is 1. The molecule has 1 heterocycles. The van der Waals surface area contributed by atoms with Gasteiger partial charge >= 0.3 is 5.97 Å². The van der Waals surface area contributed by atoms with Crippen molar-refractivity contribution in [2.24, 2.45) is 0 Å². The molecule has 1 aromatic heterocycles. The summed E-state index contributed by atoms with van der Waals surface area (Å²) in [6.45, 7) is 2.25. The molecule has 22 heavy (non-hydrogen) atoms. The van der Waals surface area contributed by atoms with Crippen LogP contribution in [0.2, 0.25) is 0 Å². The molecule has 1 atom stereocenters. The monoisotopic (exact) mass is 342 g/mol. The van der Waals surface area contributed by atoms with Crippen LogP contribution in [-0.4, -0.2) is 16.3 Å². The normalized spacial score (nSPS) is 12.4. The summed E-state index contributed by atoms with van der Waals surface area (Å²) in [6, 6.07) is 3.98. The van der Waals surface area contributed by atoms with Crippen LogP contribution in [0.5, 0.6) is 0 Å². The predicted octanol–water partition coefficient (Wildman–Crippen LogP) is 6.60. The molecule has 2 nitrogen and oxygen atoms in total. The minimum absolute atomic E-state index is 0.285. The van der Waals surface area contributed by atoms with Gasteiger partial charge in [0, 0.05) is 0 Å². The molecule has 4 heteroatoms. The van der Waals surface area contributed by atoms with E-state index in [4.69, 9.17) is 0 Å². The van der Waals surface area contributed by atoms with E-state index in [1.807, 2.05) is 17.5 Å². The molecule has 1 rings (SSSR count). The lowest BCUT2D eigenvalue weighted by molar-refractivity contribution is -0.136. The zero-order valence-electron chi connectivity index (χ0n) is 13.8. The average molecular weight is 343 g/mol. The van der Waals surface area contributed by atoms with Gasteiger partial charge in [-0.1, -0.05) is 77.2 Å². The smallest absolute Gasteiger partial charge is 0.317 e. The van der Waals surface area contributed by atoms with Crippen LogP contribution >= 0.6 is 23.1 Å². The van der Waals surface area contributed by atoms with Crippen molar-refractivity contribution in [3.8, 4) is 0 Å². The van der Waals surface area contributed by atoms with Crippen molar-refractivity contribution in [2.45, 2.75) is 87.0 Å². The van der Waals surface area contributed by atoms with Crippen molar-refractivity contribution in [1.82, 2.24) is 0 Å². The third-order valence-corrected chi connectivity index (χ3v) is 6.18. The molecule has 0 bridgehead atoms. The van der Waals surface area contributed by atoms with Crippen LogP contribution in [0, 0.1) is 0 Å². The van der Waals surface area contributed by atoms with Gasteiger partial charge in [-0.3, -0.25) is 4.79 Å². The van der Waals surface area contributed by atoms with Gasteiger partial charge in [0.25, 0.3) is 0 Å². The highest BCUT2D eigenvalue weighted by Gasteiger charge is 2.18. The Hall–Kier alpha value is -0.480. The number of hydrogen-bond donors (Lipinski definition) is 1. The molecule has 126 valence electrons. The Bertz CT molecular complexity index is 376. The predicted molar refractivity (Wildman–Crippen MR) is 98.1 cm³/mol. The Morgan fingerprint density at radius 3 is 2.18 bits per heavy atom. The largest absolute Gasteiger partial charge is 0.480 e. The van der Waals surface area contributed by atoms with E-state index in [1.54, 1.807) is 11.3 Å². The summed E-state index contributed by atoms with van der Waals surface area (Å²) in [6.07, 6.45) is 13.7. The van der Waals surface area contributed by atoms with E-state index in [0.29, 0.717) is 0 Å². The number of unbranched alkanes of at least 4 members (excludes halogenated alkanes) is 9. The summed E-state index contributed by atoms with van der Waals surface area (Å²) in [5, 5.41) is 11.0. The fourth-order valence-corrected chi connectivity index (χ4v) is 4.53. The van der Waals surface area contributed by atoms with Gasteiger partial charge in [-0.05, 0) is 17.9 Å². The maximum atomic E-state index is 11.3. The second-order valence-corrected chi connectivity index (χ2v) is 8.30. The third kappa shape index (κ3) is 9.52. The van der Waals surface area contributed by atoms with Crippen LogP contribution in [0.25, 0.3) is 0 Å². The van der Waals surface area contributed by atoms with Crippen molar-refractivity contribution in [2.75, 3.05) is 0 Å². The van der Waals surface area contributed by atoms with Gasteiger partial charge in [-0.2, -0.15) is 0 Å². The lowest BCUT2D eigenvalue weighted by Gasteiger charge is -2.10. The van der Waals surface area contributed by atoms with Crippen molar-refractivity contribution in [1.29, 1.82) is 0 Å². The minimum atomic E-state index is -0.672. The summed E-state index contributed by atoms with van der Waals surface area (Å²) >= 11 is 3.13. The maximum Gasteiger partial charge on any atom is 0.317 e. The van der Waals surface area contributed by atoms with Gasteiger partial charge in [-0.25, -0.2) is 0 Å². The molecule has 0 aromatic carbocycles. The van der Waals surface area contributed by atoms with Crippen LogP contribution in [0.3, 0.4) is 0 Å². The molecule has 0 saturated carbocycles. The second-order valence-electron chi connectivity index (χ2n) is 5.85. The molecule has 0 amide bonds. The highest BCUT2D eigenvalue weighted by atomic mass is 32.2. The van der Waals surface area contributed by atoms with Crippen molar-refractivity contribution < 1.29 is 9.90 Å². The topological polar surface area (TPSA) is 37.3 Å². The molecular formula is C18H30O2S2. The van der Waals surface area contributed by atoms with Gasteiger partial charge in [0.15, 0.2) is 0 Å². The van der Waals surface area contributed by atoms with Crippen LogP contribution in [0.4, 0.5) is 0 Å². The average Bonchev–Trinajstić information content (AvgIpc) is 3.00. The standard InChI is InChI=1S/C18H30O2S2/c1-2-3-4-5-6-7-8-9-10-11-13-16(18(19)20)22-17-14-12-15-21-17/h12,14-16H,2-11,13H2,1H3,(H,19,20). The Morgan fingerprint density at radius 2 is 1.68 bits per heavy atom. The molecule has 0 aliphatic heterocycles. The Labute approximate surface area is 143 Å². The lowest BCUT2D eigenvalue weighted by atomic mass is 10.1. The second kappa shape index (κ2) is 13.0. The number of carbonyl (C=O) groups is 1. The van der Waals surface area contributed by atoms with Gasteiger partial charge < -0.3 is 5.11 Å². The van der Waals surface area contributed by atoms with Gasteiger partial charge in [0.05, 0.1) is 4.21 Å². The van der Waals surface area contributed by atoms with Gasteiger partial charge in [-0.15, -0.1) is 23.1 Å². The van der Waals surface area contributed by atoms with Crippen LogP contribution in [0.1, 0.15) is 77.6 Å². The molecule has 0 radical (unpaired) electrons. The number of rotatable bonds is 14. The SMILES string of the molecule is CCCCCCCCCCCCC(Sc1cccs1)C(=O)O. The molecule has 0 aliphatic rings. The van der Waals surface area contributed by atoms with Crippen LogP contribution < -0.4 is 0 Å². The third-order valence-electron chi connectivity index (χ3n) is 3.85. The number of thiophene rings is 1. The molecule has 0 fully saturated rings. The van der Waals surface area contributed by atoms with Crippen LogP contribution in [0.15, 0.2) is 21.7 Å². The van der Waals surface area contributed by atoms with Gasteiger partial charge in [0.1, 0.15) is 5.25 Å². The zero-order chi connectivity index (χ0) is 16.0. The fraction of sp³-hybridized carbons (Fsp3) is 0.722. The molecule has 1 aromatic rings. The lowest BCUT2D eigenvalue weighted by Crippen LogP contribution is -2.15. The van der Waals surface area contributed by atoms with Crippen molar-refractivity contribution in [3.63, 3.8) is 0 Å². The van der Waals surface area contributed by atoms with E-state index < -0.39 is 5.97 Å². The van der Waals surface area contributed by atoms with Crippen molar-refractivity contribution in [3.05, 3.63) is 17.5 Å². The van der Waals surface area contributed by atoms with E-state index in [2.05, 4.69) is 6.92 Å². The summed E-state index contributed by atoms with van der Waals surface area (Å²) in [7, 11) is 0. The quantitative estimate of drug-likeness (QED) is 0.305. The number of carboxylic acids is 1. The Kier molecular flexibility index (Phi) is 11.6. The zero-order valence-corrected chi connectivity index (χ0v) is 15.4. The highest BCUT2D eigenvalue weighted by Crippen LogP contribution is 2.30.